The molecule has 1 aliphatic carbocycles. The number of rotatable bonds is 18. The fraction of sp³-hybridized carbons (Fsp3) is 0.926. The molecule has 0 saturated heterocycles. The summed E-state index contributed by atoms with van der Waals surface area (Å²) < 4.78 is 5.96. The molecule has 1 aliphatic rings. The molecule has 3 atom stereocenters. The first-order valence-electron chi connectivity index (χ1n) is 13.4. The highest BCUT2D eigenvalue weighted by Crippen LogP contribution is 2.32. The van der Waals surface area contributed by atoms with Gasteiger partial charge in [-0.3, -0.25) is 9.59 Å². The van der Waals surface area contributed by atoms with Gasteiger partial charge in [0.2, 0.25) is 0 Å². The Bertz CT molecular complexity index is 474. The number of ether oxygens (including phenoxy) is 1. The summed E-state index contributed by atoms with van der Waals surface area (Å²) in [6.07, 6.45) is 19.9. The minimum absolute atomic E-state index is 0.0389. The van der Waals surface area contributed by atoms with E-state index in [9.17, 15) is 14.7 Å². The van der Waals surface area contributed by atoms with Gasteiger partial charge >= 0.3 is 11.9 Å². The van der Waals surface area contributed by atoms with Gasteiger partial charge in [0, 0.05) is 0 Å². The zero-order chi connectivity index (χ0) is 22.9. The molecule has 0 radical (unpaired) electrons. The van der Waals surface area contributed by atoms with Crippen LogP contribution in [0.4, 0.5) is 0 Å². The summed E-state index contributed by atoms with van der Waals surface area (Å²) in [5, 5.41) is 9.51. The van der Waals surface area contributed by atoms with Crippen molar-refractivity contribution in [3.05, 3.63) is 0 Å². The summed E-state index contributed by atoms with van der Waals surface area (Å²) in [6.45, 7) is 6.77. The Balaban J connectivity index is 2.44. The molecule has 1 rings (SSSR count). The molecule has 1 N–H and O–H groups in total. The van der Waals surface area contributed by atoms with Crippen molar-refractivity contribution in [3.63, 3.8) is 0 Å². The van der Waals surface area contributed by atoms with E-state index in [2.05, 4.69) is 20.8 Å². The van der Waals surface area contributed by atoms with E-state index in [4.69, 9.17) is 4.74 Å². The lowest BCUT2D eigenvalue weighted by atomic mass is 9.79. The lowest BCUT2D eigenvalue weighted by Gasteiger charge is -2.29. The van der Waals surface area contributed by atoms with Gasteiger partial charge < -0.3 is 9.84 Å². The van der Waals surface area contributed by atoms with Crippen LogP contribution in [0.25, 0.3) is 0 Å². The Morgan fingerprint density at radius 1 is 0.774 bits per heavy atom. The maximum Gasteiger partial charge on any atom is 0.310 e. The number of carbonyl (C=O) groups is 2. The van der Waals surface area contributed by atoms with Gasteiger partial charge in [-0.25, -0.2) is 0 Å². The average molecular weight is 439 g/mol. The first kappa shape index (κ1) is 28.0. The van der Waals surface area contributed by atoms with E-state index >= 15 is 0 Å². The van der Waals surface area contributed by atoms with Crippen molar-refractivity contribution in [2.24, 2.45) is 17.8 Å². The van der Waals surface area contributed by atoms with E-state index in [1.54, 1.807) is 0 Å². The van der Waals surface area contributed by atoms with Crippen LogP contribution in [0.1, 0.15) is 136 Å². The average Bonchev–Trinajstić information content (AvgIpc) is 2.74. The number of unbranched alkanes of at least 4 members (excludes halogenated alkanes) is 9. The predicted molar refractivity (Wildman–Crippen MR) is 128 cm³/mol. The van der Waals surface area contributed by atoms with Crippen LogP contribution in [0.2, 0.25) is 0 Å². The molecule has 1 saturated carbocycles. The Labute approximate surface area is 191 Å². The van der Waals surface area contributed by atoms with Gasteiger partial charge in [-0.1, -0.05) is 97.8 Å². The fourth-order valence-corrected chi connectivity index (χ4v) is 4.83. The molecular formula is C27H50O4. The van der Waals surface area contributed by atoms with Crippen LogP contribution in [-0.2, 0) is 14.3 Å². The summed E-state index contributed by atoms with van der Waals surface area (Å²) in [5.74, 6) is -1.36. The topological polar surface area (TPSA) is 63.6 Å². The molecule has 3 unspecified atom stereocenters. The smallest absolute Gasteiger partial charge is 0.310 e. The molecule has 182 valence electrons. The number of aliphatic carboxylic acids is 1. The van der Waals surface area contributed by atoms with Crippen LogP contribution < -0.4 is 0 Å². The molecule has 0 aliphatic heterocycles. The quantitative estimate of drug-likeness (QED) is 0.174. The molecule has 4 nitrogen and oxygen atoms in total. The van der Waals surface area contributed by atoms with Gasteiger partial charge in [-0.2, -0.15) is 0 Å². The second-order valence-electron chi connectivity index (χ2n) is 10.2. The van der Waals surface area contributed by atoms with Crippen LogP contribution in [0, 0.1) is 17.8 Å². The molecular weight excluding hydrogens is 388 g/mol. The number of hydrogen-bond donors (Lipinski definition) is 1. The SMILES string of the molecule is CCCCCCCCCCC(CCCCCC(C)C)OC(=O)C1CCCCC1C(=O)O. The molecule has 31 heavy (non-hydrogen) atoms. The maximum absolute atomic E-state index is 12.9. The first-order chi connectivity index (χ1) is 15.0. The Morgan fingerprint density at radius 2 is 1.26 bits per heavy atom. The standard InChI is InChI=1S/C27H50O4/c1-4-5-6-7-8-9-10-13-18-23(19-14-11-12-17-22(2)3)31-27(30)25-21-16-15-20-24(25)26(28)29/h22-25H,4-21H2,1-3H3,(H,28,29). The molecule has 0 aromatic carbocycles. The largest absolute Gasteiger partial charge is 0.481 e. The van der Waals surface area contributed by atoms with Gasteiger partial charge in [0.25, 0.3) is 0 Å². The number of carbonyl (C=O) groups excluding carboxylic acids is 1. The summed E-state index contributed by atoms with van der Waals surface area (Å²) in [5.41, 5.74) is 0. The number of hydrogen-bond acceptors (Lipinski definition) is 3. The van der Waals surface area contributed by atoms with E-state index in [0.717, 1.165) is 44.4 Å². The van der Waals surface area contributed by atoms with Crippen LogP contribution in [-0.4, -0.2) is 23.1 Å². The Hall–Kier alpha value is -1.06. The Morgan fingerprint density at radius 3 is 1.81 bits per heavy atom. The van der Waals surface area contributed by atoms with Crippen molar-refractivity contribution >= 4 is 11.9 Å². The second-order valence-corrected chi connectivity index (χ2v) is 10.2. The molecule has 1 fully saturated rings. The van der Waals surface area contributed by atoms with E-state index < -0.39 is 17.8 Å². The van der Waals surface area contributed by atoms with Crippen molar-refractivity contribution in [3.8, 4) is 0 Å². The lowest BCUT2D eigenvalue weighted by Crippen LogP contribution is -2.35. The van der Waals surface area contributed by atoms with Gasteiger partial charge in [0.05, 0.1) is 11.8 Å². The molecule has 0 amide bonds. The first-order valence-corrected chi connectivity index (χ1v) is 13.4. The third kappa shape index (κ3) is 13.2. The maximum atomic E-state index is 12.9. The third-order valence-corrected chi connectivity index (χ3v) is 6.86. The predicted octanol–water partition coefficient (Wildman–Crippen LogP) is 7.93. The summed E-state index contributed by atoms with van der Waals surface area (Å²) in [6, 6.07) is 0. The highest BCUT2D eigenvalue weighted by atomic mass is 16.5. The number of carboxylic acid groups (broad SMARTS) is 1. The van der Waals surface area contributed by atoms with Crippen LogP contribution in [0.3, 0.4) is 0 Å². The van der Waals surface area contributed by atoms with Crippen molar-refractivity contribution in [2.45, 2.75) is 142 Å². The van der Waals surface area contributed by atoms with Crippen LogP contribution in [0.15, 0.2) is 0 Å². The van der Waals surface area contributed by atoms with Crippen molar-refractivity contribution < 1.29 is 19.4 Å². The molecule has 4 heteroatoms. The molecule has 0 spiro atoms. The zero-order valence-corrected chi connectivity index (χ0v) is 20.7. The highest BCUT2D eigenvalue weighted by molar-refractivity contribution is 5.81. The Kier molecular flexibility index (Phi) is 15.8. The minimum atomic E-state index is -0.838. The summed E-state index contributed by atoms with van der Waals surface area (Å²) >= 11 is 0. The van der Waals surface area contributed by atoms with E-state index in [1.807, 2.05) is 0 Å². The minimum Gasteiger partial charge on any atom is -0.481 e. The molecule has 0 aromatic heterocycles. The summed E-state index contributed by atoms with van der Waals surface area (Å²) in [4.78, 5) is 24.4. The van der Waals surface area contributed by atoms with E-state index in [-0.39, 0.29) is 12.1 Å². The van der Waals surface area contributed by atoms with Crippen molar-refractivity contribution in [1.82, 2.24) is 0 Å². The van der Waals surface area contributed by atoms with Crippen LogP contribution in [0.5, 0.6) is 0 Å². The van der Waals surface area contributed by atoms with Crippen molar-refractivity contribution in [1.29, 1.82) is 0 Å². The molecule has 0 bridgehead atoms. The molecule has 0 aromatic rings. The lowest BCUT2D eigenvalue weighted by molar-refractivity contribution is -0.164. The highest BCUT2D eigenvalue weighted by Gasteiger charge is 2.37. The van der Waals surface area contributed by atoms with Crippen molar-refractivity contribution in [2.75, 3.05) is 0 Å². The van der Waals surface area contributed by atoms with Gasteiger partial charge in [-0.15, -0.1) is 0 Å². The monoisotopic (exact) mass is 438 g/mol. The summed E-state index contributed by atoms with van der Waals surface area (Å²) in [7, 11) is 0. The number of esters is 1. The third-order valence-electron chi connectivity index (χ3n) is 6.86. The fourth-order valence-electron chi connectivity index (χ4n) is 4.83. The number of carboxylic acids is 1. The van der Waals surface area contributed by atoms with Crippen LogP contribution >= 0.6 is 0 Å². The second kappa shape index (κ2) is 17.5. The van der Waals surface area contributed by atoms with E-state index in [1.165, 1.54) is 64.2 Å². The van der Waals surface area contributed by atoms with Gasteiger partial charge in [0.15, 0.2) is 0 Å². The normalized spacial score (nSPS) is 20.0. The molecule has 0 heterocycles. The van der Waals surface area contributed by atoms with Gasteiger partial charge in [0.1, 0.15) is 6.10 Å². The van der Waals surface area contributed by atoms with Gasteiger partial charge in [-0.05, 0) is 44.4 Å². The van der Waals surface area contributed by atoms with E-state index in [0.29, 0.717) is 12.8 Å². The zero-order valence-electron chi connectivity index (χ0n) is 20.7.